The zero-order chi connectivity index (χ0) is 13.4. The van der Waals surface area contributed by atoms with Crippen molar-refractivity contribution < 1.29 is 47.7 Å². The molecule has 1 rings (SSSR count). The van der Waals surface area contributed by atoms with Gasteiger partial charge in [-0.15, -0.1) is 0 Å². The third-order valence-electron chi connectivity index (χ3n) is 2.10. The van der Waals surface area contributed by atoms with Gasteiger partial charge in [-0.2, -0.15) is 0 Å². The zero-order valence-corrected chi connectivity index (χ0v) is 9.02. The first-order valence-electron chi connectivity index (χ1n) is 4.35. The van der Waals surface area contributed by atoms with Crippen LogP contribution in [0.5, 0.6) is 0 Å². The van der Waals surface area contributed by atoms with Gasteiger partial charge >= 0.3 is 7.82 Å². The minimum atomic E-state index is -5.10. The van der Waals surface area contributed by atoms with Crippen LogP contribution < -0.4 is 0 Å². The number of aliphatic hydroxyl groups is 3. The predicted molar refractivity (Wildman–Crippen MR) is 45.8 cm³/mol. The van der Waals surface area contributed by atoms with Gasteiger partial charge in [-0.3, -0.25) is 4.52 Å². The van der Waals surface area contributed by atoms with Crippen LogP contribution in [0.1, 0.15) is 0 Å². The largest absolute Gasteiger partial charge is 0.472 e. The SMILES string of the molecule is O=P(O)(O)O[C@H]1OC(C(F)F)[C@@H](O)C(O)[C@H]1O. The van der Waals surface area contributed by atoms with E-state index in [0.717, 1.165) is 0 Å². The Balaban J connectivity index is 2.82. The second-order valence-corrected chi connectivity index (χ2v) is 4.56. The minimum Gasteiger partial charge on any atom is -0.387 e. The summed E-state index contributed by atoms with van der Waals surface area (Å²) in [6.45, 7) is 0. The molecule has 1 fully saturated rings. The van der Waals surface area contributed by atoms with Crippen molar-refractivity contribution in [3.05, 3.63) is 0 Å². The van der Waals surface area contributed by atoms with Gasteiger partial charge in [0.2, 0.25) is 0 Å². The van der Waals surface area contributed by atoms with Gasteiger partial charge in [0, 0.05) is 0 Å². The summed E-state index contributed by atoms with van der Waals surface area (Å²) in [7, 11) is -5.10. The van der Waals surface area contributed by atoms with E-state index in [9.17, 15) is 23.6 Å². The molecule has 0 aromatic heterocycles. The first kappa shape index (κ1) is 14.9. The van der Waals surface area contributed by atoms with Crippen LogP contribution >= 0.6 is 7.82 Å². The lowest BCUT2D eigenvalue weighted by atomic mass is 9.99. The van der Waals surface area contributed by atoms with Crippen molar-refractivity contribution in [1.82, 2.24) is 0 Å². The zero-order valence-electron chi connectivity index (χ0n) is 8.13. The molecule has 0 spiro atoms. The molecule has 2 unspecified atom stereocenters. The van der Waals surface area contributed by atoms with Gasteiger partial charge < -0.3 is 29.8 Å². The molecule has 0 bridgehead atoms. The van der Waals surface area contributed by atoms with Crippen molar-refractivity contribution in [3.8, 4) is 0 Å². The molecule has 0 saturated carbocycles. The van der Waals surface area contributed by atoms with E-state index in [2.05, 4.69) is 9.26 Å². The van der Waals surface area contributed by atoms with Crippen LogP contribution in [0.3, 0.4) is 0 Å². The van der Waals surface area contributed by atoms with Crippen LogP contribution in [0.25, 0.3) is 0 Å². The average molecular weight is 280 g/mol. The number of hydrogen-bond donors (Lipinski definition) is 5. The topological polar surface area (TPSA) is 137 Å². The van der Waals surface area contributed by atoms with E-state index >= 15 is 0 Å². The summed E-state index contributed by atoms with van der Waals surface area (Å²) in [4.78, 5) is 16.9. The highest BCUT2D eigenvalue weighted by molar-refractivity contribution is 7.46. The highest BCUT2D eigenvalue weighted by Gasteiger charge is 2.49. The van der Waals surface area contributed by atoms with E-state index in [0.29, 0.717) is 0 Å². The maximum Gasteiger partial charge on any atom is 0.472 e. The summed E-state index contributed by atoms with van der Waals surface area (Å²) in [6, 6.07) is 0. The Morgan fingerprint density at radius 3 is 2.06 bits per heavy atom. The maximum absolute atomic E-state index is 12.4. The predicted octanol–water partition coefficient (Wildman–Crippen LogP) is -1.83. The lowest BCUT2D eigenvalue weighted by Crippen LogP contribution is -2.59. The molecule has 0 amide bonds. The maximum atomic E-state index is 12.4. The molecule has 0 aromatic carbocycles. The van der Waals surface area contributed by atoms with E-state index < -0.39 is 45.0 Å². The molecule has 1 heterocycles. The molecule has 0 aromatic rings. The summed E-state index contributed by atoms with van der Waals surface area (Å²) < 4.78 is 43.3. The van der Waals surface area contributed by atoms with Crippen molar-refractivity contribution in [2.75, 3.05) is 0 Å². The quantitative estimate of drug-likeness (QED) is 0.381. The Bertz CT molecular complexity index is 308. The molecule has 102 valence electrons. The Morgan fingerprint density at radius 2 is 1.65 bits per heavy atom. The first-order valence-corrected chi connectivity index (χ1v) is 5.88. The number of aliphatic hydroxyl groups excluding tert-OH is 3. The van der Waals surface area contributed by atoms with Crippen molar-refractivity contribution in [2.24, 2.45) is 0 Å². The van der Waals surface area contributed by atoms with Gasteiger partial charge in [0.15, 0.2) is 6.29 Å². The molecule has 11 heteroatoms. The molecular weight excluding hydrogens is 269 g/mol. The summed E-state index contributed by atoms with van der Waals surface area (Å²) in [5.41, 5.74) is 0. The highest BCUT2D eigenvalue weighted by Crippen LogP contribution is 2.41. The molecule has 5 N–H and O–H groups in total. The lowest BCUT2D eigenvalue weighted by Gasteiger charge is -2.39. The van der Waals surface area contributed by atoms with Crippen molar-refractivity contribution in [2.45, 2.75) is 37.1 Å². The van der Waals surface area contributed by atoms with Gasteiger partial charge in [0.05, 0.1) is 0 Å². The molecule has 8 nitrogen and oxygen atoms in total. The first-order chi connectivity index (χ1) is 7.63. The molecule has 0 radical (unpaired) electrons. The number of halogens is 2. The Hall–Kier alpha value is -0.190. The number of phosphoric acid groups is 1. The number of hydrogen-bond acceptors (Lipinski definition) is 6. The van der Waals surface area contributed by atoms with Gasteiger partial charge in [-0.25, -0.2) is 13.3 Å². The summed E-state index contributed by atoms with van der Waals surface area (Å²) in [5.74, 6) is 0. The van der Waals surface area contributed by atoms with Gasteiger partial charge in [0.25, 0.3) is 6.43 Å². The molecule has 5 atom stereocenters. The lowest BCUT2D eigenvalue weighted by molar-refractivity contribution is -0.295. The smallest absolute Gasteiger partial charge is 0.387 e. The van der Waals surface area contributed by atoms with E-state index in [1.165, 1.54) is 0 Å². The summed E-state index contributed by atoms with van der Waals surface area (Å²) in [6.07, 6.45) is -13.8. The highest BCUT2D eigenvalue weighted by atomic mass is 31.2. The van der Waals surface area contributed by atoms with E-state index in [1.807, 2.05) is 0 Å². The van der Waals surface area contributed by atoms with Crippen molar-refractivity contribution >= 4 is 7.82 Å². The monoisotopic (exact) mass is 280 g/mol. The second kappa shape index (κ2) is 5.21. The molecule has 1 aliphatic heterocycles. The van der Waals surface area contributed by atoms with Crippen LogP contribution in [0.15, 0.2) is 0 Å². The Kier molecular flexibility index (Phi) is 4.55. The molecular formula is C6H11F2O8P. The van der Waals surface area contributed by atoms with Gasteiger partial charge in [-0.05, 0) is 0 Å². The molecule has 0 aliphatic carbocycles. The Labute approximate surface area is 93.6 Å². The average Bonchev–Trinajstić information content (AvgIpc) is 2.16. The third-order valence-corrected chi connectivity index (χ3v) is 2.58. The molecule has 1 saturated heterocycles. The van der Waals surface area contributed by atoms with Crippen LogP contribution in [-0.2, 0) is 13.8 Å². The third kappa shape index (κ3) is 3.63. The minimum absolute atomic E-state index is 2.06. The van der Waals surface area contributed by atoms with Crippen molar-refractivity contribution in [1.29, 1.82) is 0 Å². The molecule has 1 aliphatic rings. The second-order valence-electron chi connectivity index (χ2n) is 3.37. The van der Waals surface area contributed by atoms with Crippen LogP contribution in [0, 0.1) is 0 Å². The van der Waals surface area contributed by atoms with Crippen LogP contribution in [0.2, 0.25) is 0 Å². The number of ether oxygens (including phenoxy) is 1. The Morgan fingerprint density at radius 1 is 1.12 bits per heavy atom. The van der Waals surface area contributed by atoms with E-state index in [4.69, 9.17) is 14.9 Å². The summed E-state index contributed by atoms with van der Waals surface area (Å²) in [5, 5.41) is 27.5. The fraction of sp³-hybridized carbons (Fsp3) is 1.00. The van der Waals surface area contributed by atoms with Crippen LogP contribution in [0.4, 0.5) is 8.78 Å². The standard InChI is InChI=1S/C6H11F2O8P/c7-5(8)4-2(10)1(9)3(11)6(15-4)16-17(12,13)14/h1-6,9-11H,(H2,12,13,14)/t1?,2-,3+,4?,6+/m0/s1. The van der Waals surface area contributed by atoms with Gasteiger partial charge in [-0.1, -0.05) is 0 Å². The molecule has 17 heavy (non-hydrogen) atoms. The fourth-order valence-corrected chi connectivity index (χ4v) is 1.75. The van der Waals surface area contributed by atoms with Gasteiger partial charge in [0.1, 0.15) is 24.4 Å². The fourth-order valence-electron chi connectivity index (χ4n) is 1.30. The number of rotatable bonds is 3. The number of phosphoric ester groups is 1. The summed E-state index contributed by atoms with van der Waals surface area (Å²) >= 11 is 0. The normalized spacial score (nSPS) is 39.6. The van der Waals surface area contributed by atoms with Crippen LogP contribution in [-0.4, -0.2) is 62.2 Å². The van der Waals surface area contributed by atoms with E-state index in [1.54, 1.807) is 0 Å². The number of alkyl halides is 2. The van der Waals surface area contributed by atoms with E-state index in [-0.39, 0.29) is 0 Å². The van der Waals surface area contributed by atoms with Crippen molar-refractivity contribution in [3.63, 3.8) is 0 Å².